The van der Waals surface area contributed by atoms with E-state index in [1.165, 1.54) is 0 Å². The molecule has 0 unspecified atom stereocenters. The summed E-state index contributed by atoms with van der Waals surface area (Å²) in [6, 6.07) is 12.0. The number of benzene rings is 1. The Labute approximate surface area is 166 Å². The van der Waals surface area contributed by atoms with Crippen LogP contribution in [0.25, 0.3) is 52.9 Å². The fourth-order valence-corrected chi connectivity index (χ4v) is 4.85. The van der Waals surface area contributed by atoms with Gasteiger partial charge in [0.25, 0.3) is 0 Å². The zero-order chi connectivity index (χ0) is 18.5. The lowest BCUT2D eigenvalue weighted by molar-refractivity contribution is 1.29. The molecule has 5 aromatic heterocycles. The molecular weight excluding hydrogens is 388 g/mol. The molecule has 1 aromatic carbocycles. The van der Waals surface area contributed by atoms with Crippen LogP contribution in [0.2, 0.25) is 0 Å². The van der Waals surface area contributed by atoms with Crippen LogP contribution in [-0.2, 0) is 0 Å². The van der Waals surface area contributed by atoms with E-state index in [9.17, 15) is 0 Å². The molecule has 8 heteroatoms. The van der Waals surface area contributed by atoms with Gasteiger partial charge in [0.2, 0.25) is 0 Å². The molecule has 28 heavy (non-hydrogen) atoms. The minimum atomic E-state index is 0.731. The lowest BCUT2D eigenvalue weighted by atomic mass is 10.2. The summed E-state index contributed by atoms with van der Waals surface area (Å²) < 4.78 is 2.14. The zero-order valence-corrected chi connectivity index (χ0v) is 15.9. The van der Waals surface area contributed by atoms with Crippen LogP contribution < -0.4 is 0 Å². The number of aromatic nitrogens is 6. The number of rotatable bonds is 2. The van der Waals surface area contributed by atoms with Crippen LogP contribution >= 0.6 is 22.7 Å². The molecule has 0 saturated heterocycles. The molecule has 0 amide bonds. The van der Waals surface area contributed by atoms with Crippen molar-refractivity contribution in [2.24, 2.45) is 0 Å². The van der Waals surface area contributed by atoms with Gasteiger partial charge < -0.3 is 0 Å². The van der Waals surface area contributed by atoms with Crippen molar-refractivity contribution in [2.75, 3.05) is 0 Å². The molecule has 0 radical (unpaired) electrons. The maximum Gasteiger partial charge on any atom is 0.171 e. The van der Waals surface area contributed by atoms with E-state index in [-0.39, 0.29) is 0 Å². The Morgan fingerprint density at radius 2 is 1.54 bits per heavy atom. The molecule has 5 heterocycles. The van der Waals surface area contributed by atoms with Gasteiger partial charge in [-0.15, -0.1) is 22.7 Å². The van der Waals surface area contributed by atoms with Gasteiger partial charge in [-0.2, -0.15) is 0 Å². The van der Waals surface area contributed by atoms with Crippen molar-refractivity contribution in [3.63, 3.8) is 0 Å². The summed E-state index contributed by atoms with van der Waals surface area (Å²) in [5.41, 5.74) is 5.20. The third kappa shape index (κ3) is 2.54. The molecule has 0 bridgehead atoms. The van der Waals surface area contributed by atoms with Crippen LogP contribution in [0, 0.1) is 0 Å². The van der Waals surface area contributed by atoms with E-state index < -0.39 is 0 Å². The smallest absolute Gasteiger partial charge is 0.171 e. The summed E-state index contributed by atoms with van der Waals surface area (Å²) >= 11 is 3.23. The summed E-state index contributed by atoms with van der Waals surface area (Å²) in [4.78, 5) is 27.0. The molecule has 6 rings (SSSR count). The van der Waals surface area contributed by atoms with Crippen molar-refractivity contribution in [3.05, 3.63) is 61.2 Å². The molecule has 0 aliphatic carbocycles. The van der Waals surface area contributed by atoms with Gasteiger partial charge in [-0.05, 0) is 36.4 Å². The number of thiazole rings is 2. The maximum atomic E-state index is 4.75. The van der Waals surface area contributed by atoms with Crippen LogP contribution in [0.4, 0.5) is 0 Å². The van der Waals surface area contributed by atoms with E-state index >= 15 is 0 Å². The topological polar surface area (TPSA) is 77.3 Å². The van der Waals surface area contributed by atoms with E-state index in [0.717, 1.165) is 52.9 Å². The summed E-state index contributed by atoms with van der Waals surface area (Å²) in [6.45, 7) is 0. The Hall–Kier alpha value is -3.36. The Balaban J connectivity index is 1.45. The first-order valence-electron chi connectivity index (χ1n) is 8.53. The van der Waals surface area contributed by atoms with Crippen molar-refractivity contribution in [2.45, 2.75) is 0 Å². The normalized spacial score (nSPS) is 11.6. The predicted octanol–water partition coefficient (Wildman–Crippen LogP) is 4.97. The van der Waals surface area contributed by atoms with E-state index in [1.807, 2.05) is 30.3 Å². The van der Waals surface area contributed by atoms with Gasteiger partial charge in [-0.25, -0.2) is 15.0 Å². The van der Waals surface area contributed by atoms with E-state index in [1.54, 1.807) is 47.5 Å². The third-order valence-electron chi connectivity index (χ3n) is 4.38. The second-order valence-corrected chi connectivity index (χ2v) is 8.22. The number of pyridine rings is 2. The second-order valence-electron chi connectivity index (χ2n) is 6.16. The quantitative estimate of drug-likeness (QED) is 0.410. The fourth-order valence-electron chi connectivity index (χ4n) is 3.05. The van der Waals surface area contributed by atoms with Crippen molar-refractivity contribution < 1.29 is 0 Å². The summed E-state index contributed by atoms with van der Waals surface area (Å²) in [6.07, 6.45) is 6.95. The summed E-state index contributed by atoms with van der Waals surface area (Å²) in [5, 5.41) is 1.79. The highest BCUT2D eigenvalue weighted by Crippen LogP contribution is 2.33. The predicted molar refractivity (Wildman–Crippen MR) is 112 cm³/mol. The van der Waals surface area contributed by atoms with Crippen LogP contribution in [-0.4, -0.2) is 29.9 Å². The molecule has 0 fully saturated rings. The van der Waals surface area contributed by atoms with Gasteiger partial charge in [-0.3, -0.25) is 15.0 Å². The lowest BCUT2D eigenvalue weighted by Crippen LogP contribution is -1.85. The molecule has 0 aliphatic heterocycles. The van der Waals surface area contributed by atoms with Crippen molar-refractivity contribution in [1.29, 1.82) is 0 Å². The Kier molecular flexibility index (Phi) is 3.40. The molecule has 0 spiro atoms. The van der Waals surface area contributed by atoms with Gasteiger partial charge in [0.1, 0.15) is 21.2 Å². The Bertz CT molecular complexity index is 1450. The monoisotopic (exact) mass is 398 g/mol. The van der Waals surface area contributed by atoms with E-state index in [4.69, 9.17) is 9.97 Å². The molecule has 0 atom stereocenters. The van der Waals surface area contributed by atoms with Gasteiger partial charge in [0.05, 0.1) is 26.6 Å². The summed E-state index contributed by atoms with van der Waals surface area (Å²) in [5.74, 6) is 0. The molecule has 0 N–H and O–H groups in total. The van der Waals surface area contributed by atoms with Crippen LogP contribution in [0.15, 0.2) is 61.2 Å². The van der Waals surface area contributed by atoms with Crippen LogP contribution in [0.3, 0.4) is 0 Å². The van der Waals surface area contributed by atoms with Gasteiger partial charge in [-0.1, -0.05) is 0 Å². The van der Waals surface area contributed by atoms with Gasteiger partial charge in [0.15, 0.2) is 5.65 Å². The Morgan fingerprint density at radius 3 is 2.46 bits per heavy atom. The standard InChI is InChI=1S/C20H10N6S2/c1-2-12-14(23-8-7-22-12)9-11(1)19-26-18-17(28-19)4-3-13(24-18)20-25-15-10-21-6-5-16(15)27-20/h1-10H. The fraction of sp³-hybridized carbons (Fsp3) is 0. The minimum absolute atomic E-state index is 0.731. The van der Waals surface area contributed by atoms with Crippen molar-refractivity contribution in [3.8, 4) is 21.3 Å². The summed E-state index contributed by atoms with van der Waals surface area (Å²) in [7, 11) is 0. The number of hydrogen-bond acceptors (Lipinski definition) is 8. The molecule has 6 nitrogen and oxygen atoms in total. The average molecular weight is 398 g/mol. The Morgan fingerprint density at radius 1 is 0.643 bits per heavy atom. The van der Waals surface area contributed by atoms with Crippen LogP contribution in [0.5, 0.6) is 0 Å². The van der Waals surface area contributed by atoms with Gasteiger partial charge in [0, 0.05) is 24.2 Å². The highest BCUT2D eigenvalue weighted by molar-refractivity contribution is 7.22. The molecule has 0 saturated carbocycles. The third-order valence-corrected chi connectivity index (χ3v) is 6.50. The lowest BCUT2D eigenvalue weighted by Gasteiger charge is -1.98. The van der Waals surface area contributed by atoms with Gasteiger partial charge >= 0.3 is 0 Å². The van der Waals surface area contributed by atoms with Crippen LogP contribution in [0.1, 0.15) is 0 Å². The SMILES string of the molecule is c1cc2sc(-c3ccc4sc(-c5ccc6nccnc6c5)nc4n3)nc2cn1. The van der Waals surface area contributed by atoms with E-state index in [0.29, 0.717) is 0 Å². The largest absolute Gasteiger partial charge is 0.262 e. The average Bonchev–Trinajstić information content (AvgIpc) is 3.37. The molecule has 6 aromatic rings. The first kappa shape index (κ1) is 15.7. The first-order valence-corrected chi connectivity index (χ1v) is 10.2. The number of nitrogens with zero attached hydrogens (tertiary/aromatic N) is 6. The number of fused-ring (bicyclic) bond motifs is 3. The van der Waals surface area contributed by atoms with E-state index in [2.05, 4.69) is 26.0 Å². The highest BCUT2D eigenvalue weighted by Gasteiger charge is 2.12. The zero-order valence-electron chi connectivity index (χ0n) is 14.3. The first-order chi connectivity index (χ1) is 13.8. The molecule has 0 aliphatic rings. The molecule has 132 valence electrons. The highest BCUT2D eigenvalue weighted by atomic mass is 32.1. The van der Waals surface area contributed by atoms with Crippen molar-refractivity contribution >= 4 is 54.3 Å². The minimum Gasteiger partial charge on any atom is -0.262 e. The van der Waals surface area contributed by atoms with Crippen molar-refractivity contribution in [1.82, 2.24) is 29.9 Å². The second kappa shape index (κ2) is 6.08. The molecular formula is C20H10N6S2. The maximum absolute atomic E-state index is 4.75. The number of hydrogen-bond donors (Lipinski definition) is 0.